The van der Waals surface area contributed by atoms with E-state index in [1.165, 1.54) is 25.2 Å². The molecule has 0 radical (unpaired) electrons. The summed E-state index contributed by atoms with van der Waals surface area (Å²) in [5.74, 6) is -1.29. The number of fused-ring (bicyclic) bond motifs is 1. The lowest BCUT2D eigenvalue weighted by Gasteiger charge is -2.45. The van der Waals surface area contributed by atoms with Crippen molar-refractivity contribution in [3.63, 3.8) is 0 Å². The monoisotopic (exact) mass is 524 g/mol. The predicted molar refractivity (Wildman–Crippen MR) is 124 cm³/mol. The third-order valence-electron chi connectivity index (χ3n) is 7.09. The standard InChI is InChI=1S/C25H32O12/c1-24(37-17(28)8-5-13-3-6-14(33-2)7-4-13)11-16(27)25(32)9-10-34-23(21(24)25)36-22-20(31)19(30)18(29)15(12-26)35-22/h3-10,15-16,18-23,26-27,29-32H,11-12H2,1-2H3. The fourth-order valence-electron chi connectivity index (χ4n) is 5.07. The van der Waals surface area contributed by atoms with Gasteiger partial charge in [-0.05, 0) is 36.8 Å². The molecule has 2 heterocycles. The first-order valence-corrected chi connectivity index (χ1v) is 11.8. The number of carbonyl (C=O) groups excluding carboxylic acids is 1. The van der Waals surface area contributed by atoms with Gasteiger partial charge in [0.2, 0.25) is 6.29 Å². The van der Waals surface area contributed by atoms with E-state index < -0.39 is 72.8 Å². The summed E-state index contributed by atoms with van der Waals surface area (Å²) in [5.41, 5.74) is -2.72. The van der Waals surface area contributed by atoms with E-state index in [1.807, 2.05) is 0 Å². The molecule has 37 heavy (non-hydrogen) atoms. The second-order valence-electron chi connectivity index (χ2n) is 9.57. The van der Waals surface area contributed by atoms with Crippen molar-refractivity contribution in [1.29, 1.82) is 0 Å². The van der Waals surface area contributed by atoms with E-state index in [9.17, 15) is 35.4 Å². The third-order valence-corrected chi connectivity index (χ3v) is 7.09. The molecule has 2 aliphatic heterocycles. The molecule has 1 saturated carbocycles. The summed E-state index contributed by atoms with van der Waals surface area (Å²) in [5, 5.41) is 61.9. The molecular weight excluding hydrogens is 492 g/mol. The number of benzene rings is 1. The quantitative estimate of drug-likeness (QED) is 0.185. The van der Waals surface area contributed by atoms with Crippen molar-refractivity contribution >= 4 is 12.0 Å². The van der Waals surface area contributed by atoms with Crippen LogP contribution < -0.4 is 4.74 Å². The van der Waals surface area contributed by atoms with Crippen molar-refractivity contribution in [2.24, 2.45) is 5.92 Å². The molecule has 0 amide bonds. The normalized spacial score (nSPS) is 41.3. The van der Waals surface area contributed by atoms with E-state index in [0.717, 1.165) is 6.26 Å². The number of hydrogen-bond donors (Lipinski definition) is 6. The molecule has 10 unspecified atom stereocenters. The number of methoxy groups -OCH3 is 1. The third kappa shape index (κ3) is 5.24. The molecule has 0 aromatic heterocycles. The fraction of sp³-hybridized carbons (Fsp3) is 0.560. The average Bonchev–Trinajstić information content (AvgIpc) is 3.08. The Labute approximate surface area is 212 Å². The predicted octanol–water partition coefficient (Wildman–Crippen LogP) is -1.19. The van der Waals surface area contributed by atoms with Gasteiger partial charge in [0.05, 0.1) is 32.0 Å². The molecule has 12 heteroatoms. The number of ether oxygens (including phenoxy) is 5. The summed E-state index contributed by atoms with van der Waals surface area (Å²) < 4.78 is 27.4. The molecule has 204 valence electrons. The van der Waals surface area contributed by atoms with Crippen LogP contribution in [0.1, 0.15) is 18.9 Å². The number of hydrogen-bond acceptors (Lipinski definition) is 12. The topological polar surface area (TPSA) is 185 Å². The van der Waals surface area contributed by atoms with Crippen molar-refractivity contribution in [3.05, 3.63) is 48.2 Å². The highest BCUT2D eigenvalue weighted by atomic mass is 16.8. The second-order valence-corrected chi connectivity index (χ2v) is 9.57. The Hall–Kier alpha value is -2.55. The summed E-state index contributed by atoms with van der Waals surface area (Å²) in [7, 11) is 1.54. The molecule has 0 spiro atoms. The van der Waals surface area contributed by atoms with Gasteiger partial charge in [-0.15, -0.1) is 0 Å². The number of aliphatic hydroxyl groups is 6. The van der Waals surface area contributed by atoms with Crippen LogP contribution in [0.2, 0.25) is 0 Å². The van der Waals surface area contributed by atoms with Crippen molar-refractivity contribution in [2.45, 2.75) is 67.6 Å². The molecule has 10 atom stereocenters. The van der Waals surface area contributed by atoms with Crippen molar-refractivity contribution in [2.75, 3.05) is 13.7 Å². The van der Waals surface area contributed by atoms with Gasteiger partial charge in [0, 0.05) is 12.5 Å². The Balaban J connectivity index is 1.53. The van der Waals surface area contributed by atoms with Crippen molar-refractivity contribution < 1.29 is 59.1 Å². The minimum Gasteiger partial charge on any atom is -0.497 e. The smallest absolute Gasteiger partial charge is 0.331 e. The molecule has 0 bridgehead atoms. The molecule has 1 aromatic rings. The summed E-state index contributed by atoms with van der Waals surface area (Å²) in [6.45, 7) is 0.836. The molecule has 1 aliphatic carbocycles. The molecule has 6 N–H and O–H groups in total. The maximum Gasteiger partial charge on any atom is 0.331 e. The second kappa shape index (κ2) is 10.7. The molecule has 12 nitrogen and oxygen atoms in total. The van der Waals surface area contributed by atoms with Gasteiger partial charge in [-0.2, -0.15) is 0 Å². The highest BCUT2D eigenvalue weighted by Crippen LogP contribution is 2.51. The van der Waals surface area contributed by atoms with Crippen LogP contribution >= 0.6 is 0 Å². The largest absolute Gasteiger partial charge is 0.497 e. The number of esters is 1. The van der Waals surface area contributed by atoms with E-state index >= 15 is 0 Å². The SMILES string of the molecule is COc1ccc(C=CC(=O)OC2(C)CC(O)C3(O)C=COC(OC4OC(CO)C(O)C(O)C4O)C23)cc1. The highest BCUT2D eigenvalue weighted by molar-refractivity contribution is 5.87. The van der Waals surface area contributed by atoms with E-state index in [4.69, 9.17) is 23.7 Å². The number of carbonyl (C=O) groups is 1. The lowest BCUT2D eigenvalue weighted by Crippen LogP contribution is -2.62. The van der Waals surface area contributed by atoms with E-state index in [2.05, 4.69) is 0 Å². The molecule has 1 saturated heterocycles. The van der Waals surface area contributed by atoms with Crippen LogP contribution in [0.3, 0.4) is 0 Å². The van der Waals surface area contributed by atoms with Gasteiger partial charge in [0.25, 0.3) is 0 Å². The van der Waals surface area contributed by atoms with Gasteiger partial charge >= 0.3 is 5.97 Å². The first-order chi connectivity index (χ1) is 17.5. The lowest BCUT2D eigenvalue weighted by molar-refractivity contribution is -0.351. The minimum atomic E-state index is -1.92. The van der Waals surface area contributed by atoms with Crippen LogP contribution in [0, 0.1) is 5.92 Å². The Morgan fingerprint density at radius 2 is 1.81 bits per heavy atom. The summed E-state index contributed by atoms with van der Waals surface area (Å²) in [6.07, 6.45) is -5.73. The van der Waals surface area contributed by atoms with Crippen LogP contribution in [0.15, 0.2) is 42.7 Å². The van der Waals surface area contributed by atoms with Gasteiger partial charge in [-0.3, -0.25) is 0 Å². The van der Waals surface area contributed by atoms with Gasteiger partial charge in [-0.25, -0.2) is 4.79 Å². The summed E-state index contributed by atoms with van der Waals surface area (Å²) in [6, 6.07) is 6.94. The highest BCUT2D eigenvalue weighted by Gasteiger charge is 2.66. The van der Waals surface area contributed by atoms with Gasteiger partial charge in [0.1, 0.15) is 41.4 Å². The van der Waals surface area contributed by atoms with Crippen LogP contribution in [0.4, 0.5) is 0 Å². The van der Waals surface area contributed by atoms with Gasteiger partial charge < -0.3 is 54.3 Å². The van der Waals surface area contributed by atoms with Gasteiger partial charge in [-0.1, -0.05) is 12.1 Å². The average molecular weight is 525 g/mol. The fourth-order valence-corrected chi connectivity index (χ4v) is 5.07. The zero-order valence-electron chi connectivity index (χ0n) is 20.3. The Kier molecular flexibility index (Phi) is 7.93. The Bertz CT molecular complexity index is 1010. The minimum absolute atomic E-state index is 0.168. The molecule has 4 rings (SSSR count). The summed E-state index contributed by atoms with van der Waals surface area (Å²) in [4.78, 5) is 12.7. The number of aliphatic hydroxyl groups excluding tert-OH is 5. The van der Waals surface area contributed by atoms with E-state index in [0.29, 0.717) is 11.3 Å². The zero-order valence-corrected chi connectivity index (χ0v) is 20.3. The maximum absolute atomic E-state index is 12.7. The lowest BCUT2D eigenvalue weighted by atomic mass is 9.81. The molecule has 2 fully saturated rings. The first-order valence-electron chi connectivity index (χ1n) is 11.8. The van der Waals surface area contributed by atoms with Crippen molar-refractivity contribution in [3.8, 4) is 5.75 Å². The first kappa shape index (κ1) is 27.5. The van der Waals surface area contributed by atoms with Crippen LogP contribution in [-0.2, 0) is 23.7 Å². The van der Waals surface area contributed by atoms with Crippen molar-refractivity contribution in [1.82, 2.24) is 0 Å². The molecular formula is C25H32O12. The number of rotatable bonds is 7. The van der Waals surface area contributed by atoms with Gasteiger partial charge in [0.15, 0.2) is 6.29 Å². The molecule has 1 aromatic carbocycles. The van der Waals surface area contributed by atoms with Crippen LogP contribution in [0.5, 0.6) is 5.75 Å². The maximum atomic E-state index is 12.7. The summed E-state index contributed by atoms with van der Waals surface area (Å²) >= 11 is 0. The molecule has 3 aliphatic rings. The van der Waals surface area contributed by atoms with Crippen LogP contribution in [0.25, 0.3) is 6.08 Å². The zero-order chi connectivity index (χ0) is 27.0. The Morgan fingerprint density at radius 1 is 1.11 bits per heavy atom. The van der Waals surface area contributed by atoms with Crippen LogP contribution in [-0.4, -0.2) is 105 Å². The Morgan fingerprint density at radius 3 is 2.46 bits per heavy atom. The van der Waals surface area contributed by atoms with E-state index in [-0.39, 0.29) is 6.42 Å². The van der Waals surface area contributed by atoms with E-state index in [1.54, 1.807) is 31.4 Å².